The quantitative estimate of drug-likeness (QED) is 0.594. The molecule has 0 spiro atoms. The third-order valence-electron chi connectivity index (χ3n) is 4.59. The summed E-state index contributed by atoms with van der Waals surface area (Å²) in [6.07, 6.45) is 1.63. The number of aryl methyl sites for hydroxylation is 1. The molecule has 0 aliphatic carbocycles. The van der Waals surface area contributed by atoms with Gasteiger partial charge in [-0.3, -0.25) is 9.89 Å². The van der Waals surface area contributed by atoms with E-state index < -0.39 is 0 Å². The van der Waals surface area contributed by atoms with Gasteiger partial charge < -0.3 is 19.5 Å². The number of hydrogen-bond donors (Lipinski definition) is 2. The molecule has 1 heterocycles. The number of anilines is 1. The van der Waals surface area contributed by atoms with Crippen molar-refractivity contribution in [3.8, 4) is 28.5 Å². The van der Waals surface area contributed by atoms with Crippen molar-refractivity contribution in [2.24, 2.45) is 0 Å². The molecule has 0 unspecified atom stereocenters. The van der Waals surface area contributed by atoms with E-state index in [0.717, 1.165) is 24.1 Å². The molecule has 0 bridgehead atoms. The van der Waals surface area contributed by atoms with Gasteiger partial charge in [-0.05, 0) is 36.8 Å². The van der Waals surface area contributed by atoms with E-state index in [1.807, 2.05) is 24.3 Å². The van der Waals surface area contributed by atoms with Gasteiger partial charge >= 0.3 is 0 Å². The zero-order chi connectivity index (χ0) is 20.8. The third kappa shape index (κ3) is 4.18. The molecule has 29 heavy (non-hydrogen) atoms. The lowest BCUT2D eigenvalue weighted by molar-refractivity contribution is 0.102. The number of carbonyl (C=O) groups excluding carboxylic acids is 1. The van der Waals surface area contributed by atoms with Crippen LogP contribution in [0.3, 0.4) is 0 Å². The largest absolute Gasteiger partial charge is 0.497 e. The lowest BCUT2D eigenvalue weighted by Gasteiger charge is -2.13. The van der Waals surface area contributed by atoms with Gasteiger partial charge in [0.1, 0.15) is 22.9 Å². The summed E-state index contributed by atoms with van der Waals surface area (Å²) in [5, 5.41) is 10.5. The molecule has 2 aromatic carbocycles. The molecule has 7 nitrogen and oxygen atoms in total. The first kappa shape index (κ1) is 20.3. The lowest BCUT2D eigenvalue weighted by Crippen LogP contribution is -2.14. The topological polar surface area (TPSA) is 85.5 Å². The number of carbonyl (C=O) groups is 1. The number of H-pyrrole nitrogens is 1. The molecule has 0 saturated heterocycles. The van der Waals surface area contributed by atoms with Crippen molar-refractivity contribution in [1.82, 2.24) is 10.2 Å². The number of methoxy groups -OCH3 is 3. The van der Waals surface area contributed by atoms with Gasteiger partial charge in [-0.1, -0.05) is 25.5 Å². The molecule has 0 fully saturated rings. The Bertz CT molecular complexity index is 997. The highest BCUT2D eigenvalue weighted by molar-refractivity contribution is 6.08. The van der Waals surface area contributed by atoms with E-state index in [2.05, 4.69) is 22.4 Å². The minimum absolute atomic E-state index is 0.274. The maximum absolute atomic E-state index is 13.0. The number of rotatable bonds is 8. The number of para-hydroxylation sites is 1. The van der Waals surface area contributed by atoms with Crippen LogP contribution in [0.2, 0.25) is 0 Å². The predicted molar refractivity (Wildman–Crippen MR) is 112 cm³/mol. The summed E-state index contributed by atoms with van der Waals surface area (Å²) in [4.78, 5) is 13.0. The molecule has 0 aliphatic rings. The van der Waals surface area contributed by atoms with Crippen LogP contribution in [-0.4, -0.2) is 37.4 Å². The van der Waals surface area contributed by atoms with Crippen LogP contribution in [0.15, 0.2) is 42.5 Å². The first-order chi connectivity index (χ1) is 14.1. The maximum Gasteiger partial charge on any atom is 0.259 e. The van der Waals surface area contributed by atoms with E-state index >= 15 is 0 Å². The minimum Gasteiger partial charge on any atom is -0.497 e. The van der Waals surface area contributed by atoms with Gasteiger partial charge in [0.15, 0.2) is 0 Å². The van der Waals surface area contributed by atoms with E-state index in [4.69, 9.17) is 14.2 Å². The van der Waals surface area contributed by atoms with Crippen LogP contribution in [0.1, 0.15) is 29.4 Å². The van der Waals surface area contributed by atoms with Crippen LogP contribution in [0, 0.1) is 0 Å². The molecular formula is C22H25N3O4. The minimum atomic E-state index is -0.274. The van der Waals surface area contributed by atoms with Crippen LogP contribution in [0.4, 0.5) is 5.69 Å². The Morgan fingerprint density at radius 3 is 2.48 bits per heavy atom. The Hall–Kier alpha value is -3.48. The van der Waals surface area contributed by atoms with Crippen molar-refractivity contribution >= 4 is 11.6 Å². The average molecular weight is 395 g/mol. The van der Waals surface area contributed by atoms with Crippen molar-refractivity contribution in [3.05, 3.63) is 53.7 Å². The van der Waals surface area contributed by atoms with Crippen molar-refractivity contribution < 1.29 is 19.0 Å². The zero-order valence-electron chi connectivity index (χ0n) is 17.0. The fourth-order valence-corrected chi connectivity index (χ4v) is 3.15. The Balaban J connectivity index is 2.07. The molecule has 0 aliphatic heterocycles. The van der Waals surface area contributed by atoms with Gasteiger partial charge in [-0.15, -0.1) is 0 Å². The van der Waals surface area contributed by atoms with Gasteiger partial charge in [0, 0.05) is 5.56 Å². The average Bonchev–Trinajstić information content (AvgIpc) is 3.15. The molecule has 0 atom stereocenters. The standard InChI is InChI=1S/C22H25N3O4/c1-5-8-17-21(23-22(26)15-9-6-7-10-18(15)28-3)20(25-24-17)16-13-14(27-2)11-12-19(16)29-4/h6-7,9-13H,5,8H2,1-4H3,(H,23,26)(H,24,25). The Kier molecular flexibility index (Phi) is 6.39. The number of amides is 1. The predicted octanol–water partition coefficient (Wildman–Crippen LogP) is 4.31. The van der Waals surface area contributed by atoms with Crippen molar-refractivity contribution in [2.75, 3.05) is 26.6 Å². The second-order valence-electron chi connectivity index (χ2n) is 6.40. The van der Waals surface area contributed by atoms with Crippen LogP contribution >= 0.6 is 0 Å². The molecule has 0 saturated carbocycles. The SMILES string of the molecule is CCCc1[nH]nc(-c2cc(OC)ccc2OC)c1NC(=O)c1ccccc1OC. The van der Waals surface area contributed by atoms with E-state index in [0.29, 0.717) is 34.2 Å². The van der Waals surface area contributed by atoms with Crippen LogP contribution in [0.25, 0.3) is 11.3 Å². The number of aromatic amines is 1. The van der Waals surface area contributed by atoms with E-state index in [1.165, 1.54) is 0 Å². The van der Waals surface area contributed by atoms with Crippen LogP contribution < -0.4 is 19.5 Å². The normalized spacial score (nSPS) is 10.5. The molecular weight excluding hydrogens is 370 g/mol. The Morgan fingerprint density at radius 2 is 1.79 bits per heavy atom. The molecule has 1 aromatic heterocycles. The molecule has 3 aromatic rings. The monoisotopic (exact) mass is 395 g/mol. The number of hydrogen-bond acceptors (Lipinski definition) is 5. The van der Waals surface area contributed by atoms with Gasteiger partial charge in [-0.2, -0.15) is 5.10 Å². The molecule has 3 rings (SSSR count). The second kappa shape index (κ2) is 9.14. The summed E-state index contributed by atoms with van der Waals surface area (Å²) >= 11 is 0. The van der Waals surface area contributed by atoms with E-state index in [-0.39, 0.29) is 5.91 Å². The fraction of sp³-hybridized carbons (Fsp3) is 0.273. The summed E-state index contributed by atoms with van der Waals surface area (Å²) in [5.74, 6) is 1.53. The van der Waals surface area contributed by atoms with E-state index in [9.17, 15) is 4.79 Å². The first-order valence-corrected chi connectivity index (χ1v) is 9.36. The summed E-state index contributed by atoms with van der Waals surface area (Å²) in [7, 11) is 4.74. The first-order valence-electron chi connectivity index (χ1n) is 9.36. The Morgan fingerprint density at radius 1 is 1.03 bits per heavy atom. The fourth-order valence-electron chi connectivity index (χ4n) is 3.15. The van der Waals surface area contributed by atoms with Crippen molar-refractivity contribution in [1.29, 1.82) is 0 Å². The van der Waals surface area contributed by atoms with Crippen molar-refractivity contribution in [2.45, 2.75) is 19.8 Å². The summed E-state index contributed by atoms with van der Waals surface area (Å²) in [6, 6.07) is 12.6. The maximum atomic E-state index is 13.0. The van der Waals surface area contributed by atoms with E-state index in [1.54, 1.807) is 39.5 Å². The Labute approximate surface area is 170 Å². The summed E-state index contributed by atoms with van der Waals surface area (Å²) < 4.78 is 16.2. The highest BCUT2D eigenvalue weighted by Crippen LogP contribution is 2.38. The van der Waals surface area contributed by atoms with Gasteiger partial charge in [0.05, 0.1) is 38.3 Å². The lowest BCUT2D eigenvalue weighted by atomic mass is 10.1. The third-order valence-corrected chi connectivity index (χ3v) is 4.59. The number of benzene rings is 2. The molecule has 0 radical (unpaired) electrons. The molecule has 152 valence electrons. The van der Waals surface area contributed by atoms with Gasteiger partial charge in [-0.25, -0.2) is 0 Å². The molecule has 1 amide bonds. The number of ether oxygens (including phenoxy) is 3. The smallest absolute Gasteiger partial charge is 0.259 e. The van der Waals surface area contributed by atoms with Crippen LogP contribution in [0.5, 0.6) is 17.2 Å². The second-order valence-corrected chi connectivity index (χ2v) is 6.40. The summed E-state index contributed by atoms with van der Waals surface area (Å²) in [5.41, 5.74) is 3.22. The van der Waals surface area contributed by atoms with Crippen LogP contribution in [-0.2, 0) is 6.42 Å². The summed E-state index contributed by atoms with van der Waals surface area (Å²) in [6.45, 7) is 2.07. The van der Waals surface area contributed by atoms with Gasteiger partial charge in [0.25, 0.3) is 5.91 Å². The highest BCUT2D eigenvalue weighted by Gasteiger charge is 2.22. The number of aromatic nitrogens is 2. The highest BCUT2D eigenvalue weighted by atomic mass is 16.5. The number of nitrogens with one attached hydrogen (secondary N) is 2. The van der Waals surface area contributed by atoms with Gasteiger partial charge in [0.2, 0.25) is 0 Å². The molecule has 7 heteroatoms. The van der Waals surface area contributed by atoms with Crippen molar-refractivity contribution in [3.63, 3.8) is 0 Å². The number of nitrogens with zero attached hydrogens (tertiary/aromatic N) is 1. The zero-order valence-corrected chi connectivity index (χ0v) is 17.0. The molecule has 2 N–H and O–H groups in total.